The molecule has 0 atom stereocenters. The fourth-order valence-corrected chi connectivity index (χ4v) is 4.01. The summed E-state index contributed by atoms with van der Waals surface area (Å²) in [5.41, 5.74) is 0.271. The van der Waals surface area contributed by atoms with Gasteiger partial charge in [0.2, 0.25) is 0 Å². The van der Waals surface area contributed by atoms with Crippen LogP contribution in [0.2, 0.25) is 0 Å². The van der Waals surface area contributed by atoms with Crippen LogP contribution in [-0.4, -0.2) is 31.5 Å². The minimum Gasteiger partial charge on any atom is -0.490 e. The number of benzene rings is 1. The molecule has 0 amide bonds. The van der Waals surface area contributed by atoms with Gasteiger partial charge in [-0.25, -0.2) is 0 Å². The Morgan fingerprint density at radius 3 is 1.61 bits per heavy atom. The van der Waals surface area contributed by atoms with Crippen molar-refractivity contribution in [1.29, 1.82) is 0 Å². The fraction of sp³-hybridized carbons (Fsp3) is 0.786. The summed E-state index contributed by atoms with van der Waals surface area (Å²) in [6.45, 7) is 14.3. The fourth-order valence-electron chi connectivity index (χ4n) is 4.01. The van der Waals surface area contributed by atoms with Crippen LogP contribution in [0.4, 0.5) is 0 Å². The van der Waals surface area contributed by atoms with Crippen LogP contribution in [0.5, 0.6) is 11.5 Å². The molecule has 0 unspecified atom stereocenters. The first-order chi connectivity index (χ1) is 15.8. The zero-order valence-electron chi connectivity index (χ0n) is 22.3. The van der Waals surface area contributed by atoms with Crippen LogP contribution < -0.4 is 14.9 Å². The number of hydrogen-bond acceptors (Lipinski definition) is 4. The zero-order chi connectivity index (χ0) is 24.2. The van der Waals surface area contributed by atoms with E-state index < -0.39 is 0 Å². The molecule has 0 spiro atoms. The Morgan fingerprint density at radius 2 is 1.09 bits per heavy atom. The highest BCUT2D eigenvalue weighted by Crippen LogP contribution is 2.37. The predicted octanol–water partition coefficient (Wildman–Crippen LogP) is 7.46. The highest BCUT2D eigenvalue weighted by molar-refractivity contribution is 6.62. The Kier molecular flexibility index (Phi) is 12.1. The molecule has 1 heterocycles. The molecule has 0 saturated carbocycles. The van der Waals surface area contributed by atoms with E-state index in [-0.39, 0.29) is 18.3 Å². The second-order valence-electron chi connectivity index (χ2n) is 10.5. The highest BCUT2D eigenvalue weighted by atomic mass is 16.7. The number of hydrogen-bond donors (Lipinski definition) is 0. The van der Waals surface area contributed by atoms with Crippen molar-refractivity contribution >= 4 is 12.6 Å². The Hall–Kier alpha value is -1.20. The summed E-state index contributed by atoms with van der Waals surface area (Å²) in [7, 11) is -0.390. The smallest absolute Gasteiger partial charge is 0.490 e. The lowest BCUT2D eigenvalue weighted by Gasteiger charge is -2.32. The van der Waals surface area contributed by atoms with Gasteiger partial charge in [0.1, 0.15) is 0 Å². The summed E-state index contributed by atoms with van der Waals surface area (Å²) < 4.78 is 24.9. The first kappa shape index (κ1) is 28.0. The van der Waals surface area contributed by atoms with Crippen LogP contribution in [-0.2, 0) is 9.31 Å². The minimum atomic E-state index is -0.390. The Balaban J connectivity index is 1.95. The van der Waals surface area contributed by atoms with Crippen molar-refractivity contribution in [2.24, 2.45) is 0 Å². The molecular formula is C28H49BO4. The van der Waals surface area contributed by atoms with Gasteiger partial charge < -0.3 is 18.8 Å². The molecule has 33 heavy (non-hydrogen) atoms. The van der Waals surface area contributed by atoms with Gasteiger partial charge in [0.05, 0.1) is 24.4 Å². The predicted molar refractivity (Wildman–Crippen MR) is 140 cm³/mol. The van der Waals surface area contributed by atoms with E-state index in [1.807, 2.05) is 6.07 Å². The molecule has 1 aliphatic rings. The third-order valence-corrected chi connectivity index (χ3v) is 7.00. The van der Waals surface area contributed by atoms with Crippen molar-refractivity contribution in [1.82, 2.24) is 0 Å². The first-order valence-electron chi connectivity index (χ1n) is 13.6. The summed E-state index contributed by atoms with van der Waals surface area (Å²) >= 11 is 0. The van der Waals surface area contributed by atoms with Crippen molar-refractivity contribution in [3.05, 3.63) is 18.2 Å². The van der Waals surface area contributed by atoms with E-state index >= 15 is 0 Å². The molecule has 0 aliphatic carbocycles. The standard InChI is InChI=1S/C28H49BO4/c1-7-9-11-13-15-17-21-30-25-20-19-24(29-32-27(3,4)28(5,6)33-29)23-26(25)31-22-18-16-14-12-10-8-2/h19-20,23H,7-18,21-22H2,1-6H3. The van der Waals surface area contributed by atoms with Gasteiger partial charge >= 0.3 is 7.12 Å². The van der Waals surface area contributed by atoms with Crippen LogP contribution in [0.15, 0.2) is 18.2 Å². The Labute approximate surface area is 204 Å². The average Bonchev–Trinajstić information content (AvgIpc) is 3.00. The lowest BCUT2D eigenvalue weighted by Crippen LogP contribution is -2.41. The molecule has 0 radical (unpaired) electrons. The molecule has 1 aromatic carbocycles. The van der Waals surface area contributed by atoms with Gasteiger partial charge in [-0.3, -0.25) is 0 Å². The van der Waals surface area contributed by atoms with Crippen LogP contribution in [0.1, 0.15) is 119 Å². The van der Waals surface area contributed by atoms with E-state index in [4.69, 9.17) is 18.8 Å². The maximum absolute atomic E-state index is 6.25. The van der Waals surface area contributed by atoms with Gasteiger partial charge in [-0.05, 0) is 58.1 Å². The van der Waals surface area contributed by atoms with Crippen molar-refractivity contribution in [2.75, 3.05) is 13.2 Å². The third-order valence-electron chi connectivity index (χ3n) is 7.00. The summed E-state index contributed by atoms with van der Waals surface area (Å²) in [6.07, 6.45) is 15.0. The lowest BCUT2D eigenvalue weighted by molar-refractivity contribution is 0.00578. The van der Waals surface area contributed by atoms with Gasteiger partial charge in [-0.1, -0.05) is 84.1 Å². The number of rotatable bonds is 17. The van der Waals surface area contributed by atoms with E-state index in [9.17, 15) is 0 Å². The summed E-state index contributed by atoms with van der Waals surface area (Å²) in [4.78, 5) is 0. The van der Waals surface area contributed by atoms with E-state index in [1.165, 1.54) is 64.2 Å². The molecule has 1 fully saturated rings. The van der Waals surface area contributed by atoms with E-state index in [0.29, 0.717) is 6.61 Å². The highest BCUT2D eigenvalue weighted by Gasteiger charge is 2.51. The molecular weight excluding hydrogens is 411 g/mol. The van der Waals surface area contributed by atoms with Crippen LogP contribution >= 0.6 is 0 Å². The molecule has 5 heteroatoms. The average molecular weight is 461 g/mol. The van der Waals surface area contributed by atoms with Crippen molar-refractivity contribution in [3.8, 4) is 11.5 Å². The molecule has 188 valence electrons. The van der Waals surface area contributed by atoms with Gasteiger partial charge in [0.15, 0.2) is 11.5 Å². The molecule has 4 nitrogen and oxygen atoms in total. The SMILES string of the molecule is CCCCCCCCOc1ccc(B2OC(C)(C)C(C)(C)O2)cc1OCCCCCCCC. The Morgan fingerprint density at radius 1 is 0.636 bits per heavy atom. The lowest BCUT2D eigenvalue weighted by atomic mass is 9.79. The largest absolute Gasteiger partial charge is 0.494 e. The molecule has 0 bridgehead atoms. The van der Waals surface area contributed by atoms with E-state index in [2.05, 4.69) is 53.7 Å². The second kappa shape index (κ2) is 14.3. The minimum absolute atomic E-state index is 0.357. The molecule has 0 aromatic heterocycles. The van der Waals surface area contributed by atoms with Gasteiger partial charge in [0, 0.05) is 0 Å². The zero-order valence-corrected chi connectivity index (χ0v) is 22.3. The van der Waals surface area contributed by atoms with E-state index in [0.717, 1.165) is 36.4 Å². The maximum atomic E-state index is 6.25. The van der Waals surface area contributed by atoms with Gasteiger partial charge in [-0.2, -0.15) is 0 Å². The van der Waals surface area contributed by atoms with Crippen LogP contribution in [0, 0.1) is 0 Å². The molecule has 1 saturated heterocycles. The third kappa shape index (κ3) is 9.17. The van der Waals surface area contributed by atoms with Crippen LogP contribution in [0.25, 0.3) is 0 Å². The van der Waals surface area contributed by atoms with Gasteiger partial charge in [0.25, 0.3) is 0 Å². The van der Waals surface area contributed by atoms with Crippen molar-refractivity contribution < 1.29 is 18.8 Å². The molecule has 1 aromatic rings. The van der Waals surface area contributed by atoms with Crippen molar-refractivity contribution in [3.63, 3.8) is 0 Å². The van der Waals surface area contributed by atoms with Gasteiger partial charge in [-0.15, -0.1) is 0 Å². The monoisotopic (exact) mass is 460 g/mol. The van der Waals surface area contributed by atoms with E-state index in [1.54, 1.807) is 0 Å². The summed E-state index contributed by atoms with van der Waals surface area (Å²) in [6, 6.07) is 6.13. The number of ether oxygens (including phenoxy) is 2. The Bertz CT molecular complexity index is 658. The summed E-state index contributed by atoms with van der Waals surface area (Å²) in [5, 5.41) is 0. The molecule has 0 N–H and O–H groups in total. The second-order valence-corrected chi connectivity index (χ2v) is 10.5. The topological polar surface area (TPSA) is 36.9 Å². The van der Waals surface area contributed by atoms with Crippen LogP contribution in [0.3, 0.4) is 0 Å². The maximum Gasteiger partial charge on any atom is 0.494 e. The molecule has 1 aliphatic heterocycles. The first-order valence-corrected chi connectivity index (χ1v) is 13.6. The normalized spacial score (nSPS) is 16.8. The van der Waals surface area contributed by atoms with Crippen molar-refractivity contribution in [2.45, 2.75) is 130 Å². The quantitative estimate of drug-likeness (QED) is 0.179. The number of unbranched alkanes of at least 4 members (excludes halogenated alkanes) is 10. The molecule has 2 rings (SSSR count). The summed E-state index contributed by atoms with van der Waals surface area (Å²) in [5.74, 6) is 1.64.